The SMILES string of the molecule is CCC(O)c1nc(Oc2c(Cl)cc(-c3nn(C)c(=O)[nH]c3=O)cc2Cl)c[nH]c1=O. The van der Waals surface area contributed by atoms with E-state index in [4.69, 9.17) is 27.9 Å². The second kappa shape index (κ2) is 8.19. The van der Waals surface area contributed by atoms with Crippen molar-refractivity contribution in [3.05, 3.63) is 65.3 Å². The zero-order chi connectivity index (χ0) is 21.3. The maximum absolute atomic E-state index is 12.0. The average Bonchev–Trinajstić information content (AvgIpc) is 2.68. The Balaban J connectivity index is 2.02. The summed E-state index contributed by atoms with van der Waals surface area (Å²) in [6.07, 6.45) is 0.434. The predicted molar refractivity (Wildman–Crippen MR) is 106 cm³/mol. The van der Waals surface area contributed by atoms with Crippen LogP contribution >= 0.6 is 23.2 Å². The van der Waals surface area contributed by atoms with E-state index in [-0.39, 0.29) is 45.0 Å². The number of ether oxygens (including phenoxy) is 1. The molecule has 0 saturated heterocycles. The smallest absolute Gasteiger partial charge is 0.344 e. The Hall–Kier alpha value is -2.95. The maximum atomic E-state index is 12.0. The van der Waals surface area contributed by atoms with Gasteiger partial charge in [0.05, 0.1) is 16.2 Å². The molecule has 2 heterocycles. The quantitative estimate of drug-likeness (QED) is 0.549. The molecule has 0 radical (unpaired) electrons. The summed E-state index contributed by atoms with van der Waals surface area (Å²) in [5.74, 6) is -0.0171. The number of aliphatic hydroxyl groups excluding tert-OH is 1. The molecule has 3 N–H and O–H groups in total. The highest BCUT2D eigenvalue weighted by molar-refractivity contribution is 6.37. The van der Waals surface area contributed by atoms with Crippen LogP contribution in [0.2, 0.25) is 10.0 Å². The van der Waals surface area contributed by atoms with E-state index < -0.39 is 22.9 Å². The maximum Gasteiger partial charge on any atom is 0.344 e. The van der Waals surface area contributed by atoms with Gasteiger partial charge < -0.3 is 14.8 Å². The third-order valence-corrected chi connectivity index (χ3v) is 4.51. The van der Waals surface area contributed by atoms with Crippen molar-refractivity contribution in [3.63, 3.8) is 0 Å². The summed E-state index contributed by atoms with van der Waals surface area (Å²) >= 11 is 12.5. The Morgan fingerprint density at radius 3 is 2.48 bits per heavy atom. The van der Waals surface area contributed by atoms with Crippen LogP contribution in [0.4, 0.5) is 0 Å². The van der Waals surface area contributed by atoms with Crippen molar-refractivity contribution in [3.8, 4) is 22.9 Å². The molecule has 0 saturated carbocycles. The van der Waals surface area contributed by atoms with Gasteiger partial charge in [-0.2, -0.15) is 5.10 Å². The Morgan fingerprint density at radius 1 is 1.21 bits per heavy atom. The number of aryl methyl sites for hydroxylation is 1. The average molecular weight is 440 g/mol. The molecule has 0 aliphatic heterocycles. The minimum Gasteiger partial charge on any atom is -0.434 e. The molecule has 0 bridgehead atoms. The van der Waals surface area contributed by atoms with Gasteiger partial charge in [0.2, 0.25) is 5.88 Å². The third-order valence-electron chi connectivity index (χ3n) is 3.95. The zero-order valence-corrected chi connectivity index (χ0v) is 16.7. The van der Waals surface area contributed by atoms with Crippen molar-refractivity contribution < 1.29 is 9.84 Å². The number of hydrogen-bond donors (Lipinski definition) is 3. The molecule has 1 aromatic carbocycles. The first kappa shape index (κ1) is 20.8. The zero-order valence-electron chi connectivity index (χ0n) is 15.2. The van der Waals surface area contributed by atoms with Crippen LogP contribution in [0.1, 0.15) is 25.1 Å². The van der Waals surface area contributed by atoms with Gasteiger partial charge in [0, 0.05) is 12.6 Å². The van der Waals surface area contributed by atoms with Crippen LogP contribution in [0.3, 0.4) is 0 Å². The first-order valence-corrected chi connectivity index (χ1v) is 9.09. The van der Waals surface area contributed by atoms with Crippen LogP contribution in [-0.2, 0) is 7.05 Å². The highest BCUT2D eigenvalue weighted by Gasteiger charge is 2.18. The summed E-state index contributed by atoms with van der Waals surface area (Å²) in [5, 5.41) is 13.9. The van der Waals surface area contributed by atoms with Crippen LogP contribution in [0.25, 0.3) is 11.3 Å². The highest BCUT2D eigenvalue weighted by atomic mass is 35.5. The van der Waals surface area contributed by atoms with Gasteiger partial charge in [-0.25, -0.2) is 14.5 Å². The molecule has 0 fully saturated rings. The van der Waals surface area contributed by atoms with E-state index in [0.717, 1.165) is 4.68 Å². The van der Waals surface area contributed by atoms with Gasteiger partial charge in [0.15, 0.2) is 11.4 Å². The monoisotopic (exact) mass is 439 g/mol. The van der Waals surface area contributed by atoms with Gasteiger partial charge in [0.1, 0.15) is 11.8 Å². The first-order valence-electron chi connectivity index (χ1n) is 8.33. The molecular weight excluding hydrogens is 425 g/mol. The van der Waals surface area contributed by atoms with E-state index in [2.05, 4.69) is 20.1 Å². The standard InChI is InChI=1S/C17H15Cl2N5O5/c1-3-10(25)13-15(26)20-6-11(21-13)29-14-8(18)4-7(5-9(14)19)12-16(27)22-17(28)24(2)23-12/h4-6,10,25H,3H2,1-2H3,(H,20,26)(H,22,27,28). The van der Waals surface area contributed by atoms with E-state index in [9.17, 15) is 19.5 Å². The van der Waals surface area contributed by atoms with E-state index in [1.54, 1.807) is 6.92 Å². The number of rotatable bonds is 5. The second-order valence-corrected chi connectivity index (χ2v) is 6.79. The largest absolute Gasteiger partial charge is 0.434 e. The normalized spacial score (nSPS) is 12.0. The molecule has 152 valence electrons. The van der Waals surface area contributed by atoms with Gasteiger partial charge in [-0.05, 0) is 18.6 Å². The van der Waals surface area contributed by atoms with E-state index >= 15 is 0 Å². The molecule has 1 atom stereocenters. The van der Waals surface area contributed by atoms with E-state index in [0.29, 0.717) is 0 Å². The van der Waals surface area contributed by atoms with Gasteiger partial charge in [-0.15, -0.1) is 0 Å². The number of aliphatic hydroxyl groups is 1. The number of hydrogen-bond acceptors (Lipinski definition) is 7. The van der Waals surface area contributed by atoms with Crippen molar-refractivity contribution >= 4 is 23.2 Å². The summed E-state index contributed by atoms with van der Waals surface area (Å²) in [5.41, 5.74) is -1.80. The van der Waals surface area contributed by atoms with Crippen molar-refractivity contribution in [1.29, 1.82) is 0 Å². The van der Waals surface area contributed by atoms with Crippen molar-refractivity contribution in [2.45, 2.75) is 19.4 Å². The van der Waals surface area contributed by atoms with Crippen LogP contribution in [0, 0.1) is 0 Å². The summed E-state index contributed by atoms with van der Waals surface area (Å²) in [6.45, 7) is 1.70. The molecule has 3 aromatic rings. The highest BCUT2D eigenvalue weighted by Crippen LogP contribution is 2.38. The van der Waals surface area contributed by atoms with E-state index in [1.807, 2.05) is 0 Å². The van der Waals surface area contributed by atoms with Crippen molar-refractivity contribution in [2.24, 2.45) is 7.05 Å². The fourth-order valence-electron chi connectivity index (χ4n) is 2.44. The van der Waals surface area contributed by atoms with Gasteiger partial charge in [-0.3, -0.25) is 14.6 Å². The number of aromatic amines is 2. The van der Waals surface area contributed by atoms with Crippen molar-refractivity contribution in [1.82, 2.24) is 24.7 Å². The molecule has 0 amide bonds. The number of aromatic nitrogens is 5. The lowest BCUT2D eigenvalue weighted by Crippen LogP contribution is -2.31. The molecule has 0 aliphatic carbocycles. The molecule has 1 unspecified atom stereocenters. The Morgan fingerprint density at radius 2 is 1.86 bits per heavy atom. The van der Waals surface area contributed by atoms with Crippen LogP contribution < -0.4 is 21.5 Å². The van der Waals surface area contributed by atoms with Crippen LogP contribution in [0.15, 0.2) is 32.7 Å². The topological polar surface area (TPSA) is 143 Å². The Bertz CT molecular complexity index is 1230. The third kappa shape index (κ3) is 4.24. The number of halogens is 2. The fraction of sp³-hybridized carbons (Fsp3) is 0.235. The summed E-state index contributed by atoms with van der Waals surface area (Å²) in [4.78, 5) is 43.8. The Labute approximate surface area is 172 Å². The number of nitrogens with one attached hydrogen (secondary N) is 2. The molecule has 10 nitrogen and oxygen atoms in total. The lowest BCUT2D eigenvalue weighted by molar-refractivity contribution is 0.166. The Kier molecular flexibility index (Phi) is 5.87. The number of H-pyrrole nitrogens is 2. The van der Waals surface area contributed by atoms with Gasteiger partial charge in [-0.1, -0.05) is 30.1 Å². The molecular formula is C17H15Cl2N5O5. The minimum absolute atomic E-state index is 0.0230. The van der Waals surface area contributed by atoms with E-state index in [1.165, 1.54) is 25.4 Å². The molecule has 2 aromatic heterocycles. The van der Waals surface area contributed by atoms with Crippen molar-refractivity contribution in [2.75, 3.05) is 0 Å². The van der Waals surface area contributed by atoms with Gasteiger partial charge >= 0.3 is 5.69 Å². The summed E-state index contributed by atoms with van der Waals surface area (Å²) in [7, 11) is 1.38. The fourth-order valence-corrected chi connectivity index (χ4v) is 3.00. The molecule has 3 rings (SSSR count). The molecule has 0 aliphatic rings. The lowest BCUT2D eigenvalue weighted by atomic mass is 10.1. The predicted octanol–water partition coefficient (Wildman–Crippen LogP) is 1.76. The van der Waals surface area contributed by atoms with Crippen LogP contribution in [0.5, 0.6) is 11.6 Å². The first-order chi connectivity index (χ1) is 13.7. The van der Waals surface area contributed by atoms with Gasteiger partial charge in [0.25, 0.3) is 11.1 Å². The number of nitrogens with zero attached hydrogens (tertiary/aromatic N) is 3. The molecule has 12 heteroatoms. The molecule has 29 heavy (non-hydrogen) atoms. The van der Waals surface area contributed by atoms with Crippen LogP contribution in [-0.4, -0.2) is 29.8 Å². The minimum atomic E-state index is -1.06. The summed E-state index contributed by atoms with van der Waals surface area (Å²) < 4.78 is 6.54. The summed E-state index contributed by atoms with van der Waals surface area (Å²) in [6, 6.07) is 2.77. The molecule has 0 spiro atoms. The second-order valence-electron chi connectivity index (χ2n) is 5.98. The lowest BCUT2D eigenvalue weighted by Gasteiger charge is -2.12. The number of benzene rings is 1.